The molecule has 4 heterocycles. The van der Waals surface area contributed by atoms with E-state index in [1.54, 1.807) is 0 Å². The molecule has 1 saturated heterocycles. The first-order valence-electron chi connectivity index (χ1n) is 12.9. The van der Waals surface area contributed by atoms with Crippen LogP contribution in [0, 0.1) is 13.8 Å². The van der Waals surface area contributed by atoms with E-state index in [2.05, 4.69) is 37.7 Å². The van der Waals surface area contributed by atoms with Crippen LogP contribution in [0.5, 0.6) is 0 Å². The molecule has 2 aliphatic heterocycles. The Kier molecular flexibility index (Phi) is 14.5. The highest BCUT2D eigenvalue weighted by Crippen LogP contribution is 2.21. The van der Waals surface area contributed by atoms with Crippen LogP contribution in [-0.4, -0.2) is 121 Å². The standard InChI is InChI=1S/C18H28N6O.3C2HF3O2/c1-14-17(15(2)25-20-14)12-23-8-9-24-16(10-19-18(24)13-23)11-22-6-4-21(3)5-7-22;3*3-2(4,5)1(6)7/h10H,4-9,11-13H2,1-3H3;3*(H,6,7). The largest absolute Gasteiger partial charge is 0.490 e. The maximum atomic E-state index is 10.6. The normalized spacial score (nSPS) is 16.1. The first-order chi connectivity index (χ1) is 20.9. The van der Waals surface area contributed by atoms with Gasteiger partial charge in [0.1, 0.15) is 11.6 Å². The van der Waals surface area contributed by atoms with Gasteiger partial charge < -0.3 is 29.3 Å². The maximum Gasteiger partial charge on any atom is 0.490 e. The van der Waals surface area contributed by atoms with Crippen LogP contribution < -0.4 is 0 Å². The summed E-state index contributed by atoms with van der Waals surface area (Å²) in [7, 11) is 2.20. The third kappa shape index (κ3) is 13.6. The third-order valence-electron chi connectivity index (χ3n) is 6.30. The van der Waals surface area contributed by atoms with Crippen LogP contribution in [0.25, 0.3) is 0 Å². The number of aromatic nitrogens is 3. The van der Waals surface area contributed by atoms with E-state index >= 15 is 0 Å². The fourth-order valence-electron chi connectivity index (χ4n) is 3.82. The highest BCUT2D eigenvalue weighted by Gasteiger charge is 2.39. The van der Waals surface area contributed by atoms with Crippen LogP contribution in [0.15, 0.2) is 10.7 Å². The molecule has 2 aromatic rings. The summed E-state index contributed by atoms with van der Waals surface area (Å²) < 4.78 is 103. The zero-order chi connectivity index (χ0) is 35.6. The van der Waals surface area contributed by atoms with Gasteiger partial charge in [0.2, 0.25) is 0 Å². The molecule has 1 fully saturated rings. The number of likely N-dealkylation sites (N-methyl/N-ethyl adjacent to an activating group) is 1. The van der Waals surface area contributed by atoms with E-state index in [4.69, 9.17) is 39.2 Å². The molecule has 13 nitrogen and oxygen atoms in total. The monoisotopic (exact) mass is 686 g/mol. The van der Waals surface area contributed by atoms with E-state index in [0.717, 1.165) is 70.4 Å². The summed E-state index contributed by atoms with van der Waals surface area (Å²) in [4.78, 5) is 38.8. The van der Waals surface area contributed by atoms with E-state index in [-0.39, 0.29) is 0 Å². The first-order valence-corrected chi connectivity index (χ1v) is 12.9. The molecule has 2 aliphatic rings. The Hall–Kier alpha value is -3.92. The van der Waals surface area contributed by atoms with Crippen molar-refractivity contribution in [3.05, 3.63) is 34.7 Å². The van der Waals surface area contributed by atoms with Crippen molar-refractivity contribution in [1.82, 2.24) is 29.4 Å². The topological polar surface area (TPSA) is 165 Å². The predicted molar refractivity (Wildman–Crippen MR) is 136 cm³/mol. The summed E-state index contributed by atoms with van der Waals surface area (Å²) in [5, 5.41) is 25.4. The minimum atomic E-state index is -5.08. The molecule has 0 aliphatic carbocycles. The zero-order valence-corrected chi connectivity index (χ0v) is 24.5. The number of aryl methyl sites for hydroxylation is 2. The number of hydrogen-bond acceptors (Lipinski definition) is 9. The molecule has 0 bridgehead atoms. The summed E-state index contributed by atoms with van der Waals surface area (Å²) in [6.07, 6.45) is -13.2. The van der Waals surface area contributed by atoms with E-state index in [0.29, 0.717) is 0 Å². The first kappa shape index (κ1) is 40.1. The van der Waals surface area contributed by atoms with Gasteiger partial charge in [0.15, 0.2) is 0 Å². The Bertz CT molecular complexity index is 1220. The molecule has 0 amide bonds. The number of aliphatic carboxylic acids is 3. The van der Waals surface area contributed by atoms with Crippen LogP contribution in [0.1, 0.15) is 28.5 Å². The Morgan fingerprint density at radius 3 is 1.59 bits per heavy atom. The van der Waals surface area contributed by atoms with Crippen LogP contribution in [0.4, 0.5) is 39.5 Å². The molecular formula is C24H31F9N6O7. The average molecular weight is 687 g/mol. The van der Waals surface area contributed by atoms with E-state index in [9.17, 15) is 39.5 Å². The molecule has 0 aromatic carbocycles. The van der Waals surface area contributed by atoms with Crippen molar-refractivity contribution in [2.45, 2.75) is 58.6 Å². The van der Waals surface area contributed by atoms with Gasteiger partial charge in [-0.2, -0.15) is 39.5 Å². The van der Waals surface area contributed by atoms with Gasteiger partial charge in [0.25, 0.3) is 0 Å². The third-order valence-corrected chi connectivity index (χ3v) is 6.30. The lowest BCUT2D eigenvalue weighted by molar-refractivity contribution is -0.193. The fourth-order valence-corrected chi connectivity index (χ4v) is 3.82. The van der Waals surface area contributed by atoms with Crippen molar-refractivity contribution in [2.75, 3.05) is 39.8 Å². The van der Waals surface area contributed by atoms with E-state index in [1.807, 2.05) is 13.8 Å². The molecule has 0 unspecified atom stereocenters. The summed E-state index contributed by atoms with van der Waals surface area (Å²) in [5.41, 5.74) is 3.58. The second-order valence-corrected chi connectivity index (χ2v) is 9.82. The van der Waals surface area contributed by atoms with Gasteiger partial charge in [-0.15, -0.1) is 0 Å². The minimum absolute atomic E-state index is 0.891. The predicted octanol–water partition coefficient (Wildman–Crippen LogP) is 3.15. The van der Waals surface area contributed by atoms with Crippen molar-refractivity contribution in [3.8, 4) is 0 Å². The number of carboxylic acids is 3. The van der Waals surface area contributed by atoms with Gasteiger partial charge in [-0.3, -0.25) is 9.80 Å². The number of carbonyl (C=O) groups is 3. The summed E-state index contributed by atoms with van der Waals surface area (Å²) in [6, 6.07) is 0. The molecule has 0 spiro atoms. The van der Waals surface area contributed by atoms with Gasteiger partial charge in [0, 0.05) is 64.1 Å². The fraction of sp³-hybridized carbons (Fsp3) is 0.625. The lowest BCUT2D eigenvalue weighted by Gasteiger charge is -2.33. The zero-order valence-electron chi connectivity index (χ0n) is 24.5. The highest BCUT2D eigenvalue weighted by atomic mass is 19.4. The molecular weight excluding hydrogens is 655 g/mol. The number of imidazole rings is 1. The molecule has 0 atom stereocenters. The van der Waals surface area contributed by atoms with Crippen LogP contribution in [0.2, 0.25) is 0 Å². The average Bonchev–Trinajstić information content (AvgIpc) is 3.47. The van der Waals surface area contributed by atoms with Gasteiger partial charge in [-0.1, -0.05) is 5.16 Å². The Balaban J connectivity index is 0.000000413. The van der Waals surface area contributed by atoms with Crippen LogP contribution in [-0.2, 0) is 40.6 Å². The highest BCUT2D eigenvalue weighted by molar-refractivity contribution is 5.73. The number of hydrogen-bond donors (Lipinski definition) is 3. The Morgan fingerprint density at radius 1 is 0.761 bits per heavy atom. The Morgan fingerprint density at radius 2 is 1.20 bits per heavy atom. The van der Waals surface area contributed by atoms with Crippen molar-refractivity contribution >= 4 is 17.9 Å². The molecule has 0 radical (unpaired) electrons. The van der Waals surface area contributed by atoms with Gasteiger partial charge in [-0.05, 0) is 20.9 Å². The lowest BCUT2D eigenvalue weighted by Crippen LogP contribution is -2.44. The number of halogens is 9. The molecule has 262 valence electrons. The van der Waals surface area contributed by atoms with Crippen LogP contribution in [0.3, 0.4) is 0 Å². The second-order valence-electron chi connectivity index (χ2n) is 9.82. The van der Waals surface area contributed by atoms with E-state index < -0.39 is 36.4 Å². The number of piperazine rings is 1. The summed E-state index contributed by atoms with van der Waals surface area (Å²) in [5.74, 6) is -6.16. The van der Waals surface area contributed by atoms with Crippen molar-refractivity contribution in [3.63, 3.8) is 0 Å². The lowest BCUT2D eigenvalue weighted by atomic mass is 10.2. The van der Waals surface area contributed by atoms with E-state index in [1.165, 1.54) is 17.1 Å². The smallest absolute Gasteiger partial charge is 0.475 e. The minimum Gasteiger partial charge on any atom is -0.475 e. The molecule has 3 N–H and O–H groups in total. The maximum absolute atomic E-state index is 10.6. The molecule has 46 heavy (non-hydrogen) atoms. The number of alkyl halides is 9. The van der Waals surface area contributed by atoms with Gasteiger partial charge in [0.05, 0.1) is 17.9 Å². The summed E-state index contributed by atoms with van der Waals surface area (Å²) >= 11 is 0. The van der Waals surface area contributed by atoms with Gasteiger partial charge in [-0.25, -0.2) is 19.4 Å². The molecule has 22 heteroatoms. The quantitative estimate of drug-likeness (QED) is 0.403. The molecule has 2 aromatic heterocycles. The van der Waals surface area contributed by atoms with Crippen molar-refractivity contribution in [1.29, 1.82) is 0 Å². The Labute approximate surface area is 254 Å². The van der Waals surface area contributed by atoms with Gasteiger partial charge >= 0.3 is 36.4 Å². The number of nitrogens with zero attached hydrogens (tertiary/aromatic N) is 6. The number of carboxylic acid groups (broad SMARTS) is 3. The van der Waals surface area contributed by atoms with Crippen molar-refractivity contribution in [2.24, 2.45) is 0 Å². The number of fused-ring (bicyclic) bond motifs is 1. The summed E-state index contributed by atoms with van der Waals surface area (Å²) in [6.45, 7) is 13.5. The number of rotatable bonds is 4. The van der Waals surface area contributed by atoms with Crippen molar-refractivity contribution < 1.29 is 73.7 Å². The SMILES string of the molecule is Cc1noc(C)c1CN1CCn2c(CN3CCN(C)CC3)cnc2C1.O=C(O)C(F)(F)F.O=C(O)C(F)(F)F.O=C(O)C(F)(F)F. The second kappa shape index (κ2) is 16.6. The molecule has 0 saturated carbocycles. The molecule has 4 rings (SSSR count). The van der Waals surface area contributed by atoms with Crippen LogP contribution >= 0.6 is 0 Å².